The molecular formula is C18H18ClN5. The van der Waals surface area contributed by atoms with Crippen LogP contribution in [-0.4, -0.2) is 15.2 Å². The van der Waals surface area contributed by atoms with Crippen LogP contribution in [0, 0.1) is 6.92 Å². The fraction of sp³-hybridized carbons (Fsp3) is 0.167. The second-order valence-electron chi connectivity index (χ2n) is 5.38. The van der Waals surface area contributed by atoms with E-state index in [-0.39, 0.29) is 0 Å². The normalized spacial score (nSPS) is 10.5. The summed E-state index contributed by atoms with van der Waals surface area (Å²) in [5, 5.41) is 15.1. The number of aryl methyl sites for hydroxylation is 1. The van der Waals surface area contributed by atoms with Crippen LogP contribution in [0.4, 0.5) is 23.1 Å². The van der Waals surface area contributed by atoms with E-state index in [0.29, 0.717) is 16.8 Å². The Balaban J connectivity index is 1.77. The molecule has 0 saturated carbocycles. The second-order valence-corrected chi connectivity index (χ2v) is 5.79. The van der Waals surface area contributed by atoms with Crippen LogP contribution in [0.5, 0.6) is 0 Å². The van der Waals surface area contributed by atoms with Crippen molar-refractivity contribution in [3.8, 4) is 0 Å². The molecule has 1 aromatic heterocycles. The van der Waals surface area contributed by atoms with Crippen LogP contribution in [0.15, 0.2) is 48.7 Å². The molecule has 0 aliphatic carbocycles. The molecule has 0 unspecified atom stereocenters. The Bertz CT molecular complexity index is 833. The van der Waals surface area contributed by atoms with E-state index in [2.05, 4.69) is 44.9 Å². The highest BCUT2D eigenvalue weighted by Crippen LogP contribution is 2.25. The minimum absolute atomic E-state index is 0.413. The van der Waals surface area contributed by atoms with Crippen molar-refractivity contribution in [2.45, 2.75) is 20.3 Å². The van der Waals surface area contributed by atoms with Gasteiger partial charge < -0.3 is 10.6 Å². The van der Waals surface area contributed by atoms with Crippen LogP contribution in [0.1, 0.15) is 18.1 Å². The molecule has 3 aromatic rings. The lowest BCUT2D eigenvalue weighted by atomic mass is 10.1. The Morgan fingerprint density at radius 1 is 1.04 bits per heavy atom. The molecule has 1 heterocycles. The Kier molecular flexibility index (Phi) is 4.91. The third kappa shape index (κ3) is 3.81. The summed E-state index contributed by atoms with van der Waals surface area (Å²) < 4.78 is 0. The lowest BCUT2D eigenvalue weighted by Crippen LogP contribution is -2.03. The molecular weight excluding hydrogens is 322 g/mol. The number of benzene rings is 2. The summed E-state index contributed by atoms with van der Waals surface area (Å²) in [5.41, 5.74) is 4.04. The fourth-order valence-electron chi connectivity index (χ4n) is 2.25. The third-order valence-corrected chi connectivity index (χ3v) is 4.12. The van der Waals surface area contributed by atoms with Gasteiger partial charge in [-0.2, -0.15) is 10.1 Å². The van der Waals surface area contributed by atoms with Gasteiger partial charge in [0.15, 0.2) is 5.82 Å². The number of rotatable bonds is 5. The summed E-state index contributed by atoms with van der Waals surface area (Å²) in [6, 6.07) is 13.9. The van der Waals surface area contributed by atoms with E-state index in [1.54, 1.807) is 6.20 Å². The number of halogens is 1. The lowest BCUT2D eigenvalue weighted by molar-refractivity contribution is 0.981. The number of hydrogen-bond donors (Lipinski definition) is 2. The van der Waals surface area contributed by atoms with E-state index >= 15 is 0 Å². The van der Waals surface area contributed by atoms with Crippen molar-refractivity contribution in [3.05, 3.63) is 64.8 Å². The Labute approximate surface area is 146 Å². The molecule has 0 atom stereocenters. The smallest absolute Gasteiger partial charge is 0.249 e. The van der Waals surface area contributed by atoms with E-state index < -0.39 is 0 Å². The number of nitrogens with one attached hydrogen (secondary N) is 2. The summed E-state index contributed by atoms with van der Waals surface area (Å²) in [6.07, 6.45) is 2.60. The molecule has 2 aromatic carbocycles. The number of anilines is 4. The minimum Gasteiger partial charge on any atom is -0.339 e. The molecule has 0 amide bonds. The number of aromatic nitrogens is 3. The van der Waals surface area contributed by atoms with Gasteiger partial charge in [0.2, 0.25) is 5.95 Å². The molecule has 0 bridgehead atoms. The van der Waals surface area contributed by atoms with E-state index in [0.717, 1.165) is 23.4 Å². The van der Waals surface area contributed by atoms with Gasteiger partial charge in [-0.3, -0.25) is 0 Å². The first-order valence-corrected chi connectivity index (χ1v) is 8.11. The lowest BCUT2D eigenvalue weighted by Gasteiger charge is -2.10. The summed E-state index contributed by atoms with van der Waals surface area (Å²) in [5.74, 6) is 1.03. The minimum atomic E-state index is 0.413. The van der Waals surface area contributed by atoms with Crippen molar-refractivity contribution >= 4 is 34.7 Å². The van der Waals surface area contributed by atoms with Crippen LogP contribution in [0.3, 0.4) is 0 Å². The standard InChI is InChI=1S/C18H18ClN5/c1-3-13-7-9-14(10-8-13)21-17-11-20-24-18(23-17)22-16-6-4-5-15(19)12(16)2/h4-11H,3H2,1-2H3,(H2,21,22,23,24). The highest BCUT2D eigenvalue weighted by molar-refractivity contribution is 6.31. The summed E-state index contributed by atoms with van der Waals surface area (Å²) >= 11 is 6.13. The van der Waals surface area contributed by atoms with Gasteiger partial charge in [0.1, 0.15) is 0 Å². The molecule has 0 saturated heterocycles. The number of hydrogen-bond acceptors (Lipinski definition) is 5. The van der Waals surface area contributed by atoms with Crippen molar-refractivity contribution in [1.29, 1.82) is 0 Å². The Morgan fingerprint density at radius 2 is 1.83 bits per heavy atom. The van der Waals surface area contributed by atoms with E-state index in [1.165, 1.54) is 5.56 Å². The van der Waals surface area contributed by atoms with Gasteiger partial charge >= 0.3 is 0 Å². The number of nitrogens with zero attached hydrogens (tertiary/aromatic N) is 3. The van der Waals surface area contributed by atoms with Gasteiger partial charge in [0, 0.05) is 16.4 Å². The van der Waals surface area contributed by atoms with Crippen molar-refractivity contribution in [2.24, 2.45) is 0 Å². The maximum atomic E-state index is 6.13. The molecule has 6 heteroatoms. The average Bonchev–Trinajstić information content (AvgIpc) is 2.60. The van der Waals surface area contributed by atoms with Gasteiger partial charge in [-0.1, -0.05) is 36.7 Å². The molecule has 3 rings (SSSR count). The van der Waals surface area contributed by atoms with Gasteiger partial charge in [-0.15, -0.1) is 5.10 Å². The Hall–Kier alpha value is -2.66. The van der Waals surface area contributed by atoms with Gasteiger partial charge in [0.25, 0.3) is 0 Å². The quantitative estimate of drug-likeness (QED) is 0.693. The van der Waals surface area contributed by atoms with E-state index in [1.807, 2.05) is 37.3 Å². The predicted octanol–water partition coefficient (Wildman–Crippen LogP) is 4.88. The van der Waals surface area contributed by atoms with Crippen molar-refractivity contribution in [2.75, 3.05) is 10.6 Å². The highest BCUT2D eigenvalue weighted by Gasteiger charge is 2.06. The summed E-state index contributed by atoms with van der Waals surface area (Å²) in [7, 11) is 0. The van der Waals surface area contributed by atoms with Crippen LogP contribution in [0.25, 0.3) is 0 Å². The first-order valence-electron chi connectivity index (χ1n) is 7.73. The van der Waals surface area contributed by atoms with E-state index in [9.17, 15) is 0 Å². The maximum Gasteiger partial charge on any atom is 0.249 e. The van der Waals surface area contributed by atoms with Crippen molar-refractivity contribution < 1.29 is 0 Å². The van der Waals surface area contributed by atoms with Crippen LogP contribution < -0.4 is 10.6 Å². The monoisotopic (exact) mass is 339 g/mol. The first kappa shape index (κ1) is 16.2. The molecule has 0 spiro atoms. The van der Waals surface area contributed by atoms with E-state index in [4.69, 9.17) is 11.6 Å². The molecule has 0 aliphatic rings. The zero-order chi connectivity index (χ0) is 16.9. The SMILES string of the molecule is CCc1ccc(Nc2cnnc(Nc3cccc(Cl)c3C)n2)cc1. The summed E-state index contributed by atoms with van der Waals surface area (Å²) in [4.78, 5) is 4.44. The zero-order valence-corrected chi connectivity index (χ0v) is 14.3. The van der Waals surface area contributed by atoms with Gasteiger partial charge in [0.05, 0.1) is 6.20 Å². The predicted molar refractivity (Wildman–Crippen MR) is 98.4 cm³/mol. The van der Waals surface area contributed by atoms with Crippen LogP contribution in [0.2, 0.25) is 5.02 Å². The molecule has 5 nitrogen and oxygen atoms in total. The average molecular weight is 340 g/mol. The highest BCUT2D eigenvalue weighted by atomic mass is 35.5. The first-order chi connectivity index (χ1) is 11.7. The van der Waals surface area contributed by atoms with Crippen molar-refractivity contribution in [1.82, 2.24) is 15.2 Å². The van der Waals surface area contributed by atoms with Gasteiger partial charge in [-0.05, 0) is 48.7 Å². The van der Waals surface area contributed by atoms with Crippen molar-refractivity contribution in [3.63, 3.8) is 0 Å². The second kappa shape index (κ2) is 7.27. The molecule has 0 aliphatic heterocycles. The van der Waals surface area contributed by atoms with Crippen LogP contribution >= 0.6 is 11.6 Å². The van der Waals surface area contributed by atoms with Crippen LogP contribution in [-0.2, 0) is 6.42 Å². The van der Waals surface area contributed by atoms with Gasteiger partial charge in [-0.25, -0.2) is 0 Å². The maximum absolute atomic E-state index is 6.13. The largest absolute Gasteiger partial charge is 0.339 e. The Morgan fingerprint density at radius 3 is 2.58 bits per heavy atom. The molecule has 2 N–H and O–H groups in total. The summed E-state index contributed by atoms with van der Waals surface area (Å²) in [6.45, 7) is 4.07. The topological polar surface area (TPSA) is 62.7 Å². The molecule has 0 fully saturated rings. The third-order valence-electron chi connectivity index (χ3n) is 3.71. The molecule has 24 heavy (non-hydrogen) atoms. The zero-order valence-electron chi connectivity index (χ0n) is 13.5. The fourth-order valence-corrected chi connectivity index (χ4v) is 2.43. The molecule has 0 radical (unpaired) electrons. The molecule has 122 valence electrons.